The number of nitrogens with zero attached hydrogens (tertiary/aromatic N) is 1. The maximum Gasteiger partial charge on any atom is 0.256 e. The number of halogens is 1. The van der Waals surface area contributed by atoms with Gasteiger partial charge in [0.1, 0.15) is 5.82 Å². The van der Waals surface area contributed by atoms with Crippen molar-refractivity contribution in [1.29, 1.82) is 0 Å². The summed E-state index contributed by atoms with van der Waals surface area (Å²) < 4.78 is 13.7. The van der Waals surface area contributed by atoms with Crippen LogP contribution in [-0.4, -0.2) is 23.9 Å². The van der Waals surface area contributed by atoms with Crippen LogP contribution in [0.25, 0.3) is 0 Å². The van der Waals surface area contributed by atoms with Gasteiger partial charge in [-0.25, -0.2) is 4.39 Å². The van der Waals surface area contributed by atoms with Crippen molar-refractivity contribution in [3.8, 4) is 0 Å². The smallest absolute Gasteiger partial charge is 0.256 e. The fourth-order valence-electron chi connectivity index (χ4n) is 2.33. The molecule has 1 aliphatic rings. The van der Waals surface area contributed by atoms with E-state index in [2.05, 4.69) is 0 Å². The van der Waals surface area contributed by atoms with Crippen LogP contribution in [0.4, 0.5) is 10.1 Å². The van der Waals surface area contributed by atoms with Crippen molar-refractivity contribution in [3.63, 3.8) is 0 Å². The maximum absolute atomic E-state index is 13.7. The minimum Gasteiger partial charge on any atom is -0.399 e. The predicted molar refractivity (Wildman–Crippen MR) is 69.8 cm³/mol. The number of anilines is 1. The van der Waals surface area contributed by atoms with Crippen molar-refractivity contribution in [1.82, 2.24) is 4.90 Å². The Morgan fingerprint density at radius 2 is 1.72 bits per heavy atom. The van der Waals surface area contributed by atoms with Crippen molar-refractivity contribution >= 4 is 11.6 Å². The summed E-state index contributed by atoms with van der Waals surface area (Å²) in [5, 5.41) is 0. The van der Waals surface area contributed by atoms with Gasteiger partial charge in [0.25, 0.3) is 5.91 Å². The lowest BCUT2D eigenvalue weighted by molar-refractivity contribution is 0.0738. The summed E-state index contributed by atoms with van der Waals surface area (Å²) in [6.45, 7) is 1.43. The van der Waals surface area contributed by atoms with Gasteiger partial charge >= 0.3 is 0 Å². The molecule has 1 aliphatic heterocycles. The van der Waals surface area contributed by atoms with Crippen LogP contribution in [0.5, 0.6) is 0 Å². The number of benzene rings is 1. The van der Waals surface area contributed by atoms with Crippen LogP contribution >= 0.6 is 0 Å². The van der Waals surface area contributed by atoms with Gasteiger partial charge in [0.05, 0.1) is 5.56 Å². The van der Waals surface area contributed by atoms with Crippen LogP contribution in [0.15, 0.2) is 18.2 Å². The lowest BCUT2D eigenvalue weighted by Crippen LogP contribution is -2.34. The topological polar surface area (TPSA) is 46.3 Å². The van der Waals surface area contributed by atoms with Gasteiger partial charge in [0, 0.05) is 18.8 Å². The molecule has 0 saturated carbocycles. The molecule has 0 atom stereocenters. The van der Waals surface area contributed by atoms with Crippen molar-refractivity contribution in [3.05, 3.63) is 29.6 Å². The molecule has 4 heteroatoms. The summed E-state index contributed by atoms with van der Waals surface area (Å²) in [6.07, 6.45) is 5.51. The lowest BCUT2D eigenvalue weighted by atomic mass is 10.1. The quantitative estimate of drug-likeness (QED) is 0.779. The molecule has 2 N–H and O–H groups in total. The first-order chi connectivity index (χ1) is 8.68. The average molecular weight is 250 g/mol. The van der Waals surface area contributed by atoms with Gasteiger partial charge in [-0.1, -0.05) is 19.3 Å². The second kappa shape index (κ2) is 5.85. The number of likely N-dealkylation sites (tertiary alicyclic amines) is 1. The average Bonchev–Trinajstić information content (AvgIpc) is 2.31. The first-order valence-electron chi connectivity index (χ1n) is 6.53. The van der Waals surface area contributed by atoms with E-state index in [0.29, 0.717) is 18.8 Å². The molecule has 1 fully saturated rings. The third-order valence-electron chi connectivity index (χ3n) is 3.36. The first kappa shape index (κ1) is 12.9. The number of nitrogen functional groups attached to an aromatic ring is 1. The fourth-order valence-corrected chi connectivity index (χ4v) is 2.33. The molecule has 1 aromatic rings. The van der Waals surface area contributed by atoms with E-state index in [1.54, 1.807) is 4.90 Å². The summed E-state index contributed by atoms with van der Waals surface area (Å²) in [5.74, 6) is -0.724. The SMILES string of the molecule is Nc1ccc(F)c(C(=O)N2CCCCCCC2)c1. The molecule has 0 spiro atoms. The Labute approximate surface area is 107 Å². The van der Waals surface area contributed by atoms with Crippen molar-refractivity contribution in [2.45, 2.75) is 32.1 Å². The molecule has 0 bridgehead atoms. The zero-order valence-electron chi connectivity index (χ0n) is 10.5. The summed E-state index contributed by atoms with van der Waals surface area (Å²) in [7, 11) is 0. The third-order valence-corrected chi connectivity index (χ3v) is 3.36. The summed E-state index contributed by atoms with van der Waals surface area (Å²) in [6, 6.07) is 4.16. The number of amides is 1. The zero-order valence-corrected chi connectivity index (χ0v) is 10.5. The van der Waals surface area contributed by atoms with E-state index in [-0.39, 0.29) is 11.5 Å². The van der Waals surface area contributed by atoms with Crippen molar-refractivity contribution in [2.24, 2.45) is 0 Å². The number of rotatable bonds is 1. The Balaban J connectivity index is 2.15. The van der Waals surface area contributed by atoms with E-state index in [1.165, 1.54) is 24.6 Å². The Kier molecular flexibility index (Phi) is 4.18. The number of carbonyl (C=O) groups excluding carboxylic acids is 1. The van der Waals surface area contributed by atoms with E-state index in [1.807, 2.05) is 0 Å². The minimum atomic E-state index is -0.490. The summed E-state index contributed by atoms with van der Waals surface area (Å²) in [4.78, 5) is 14.0. The summed E-state index contributed by atoms with van der Waals surface area (Å²) >= 11 is 0. The molecule has 18 heavy (non-hydrogen) atoms. The van der Waals surface area contributed by atoms with Crippen LogP contribution < -0.4 is 5.73 Å². The third kappa shape index (κ3) is 3.00. The van der Waals surface area contributed by atoms with Crippen molar-refractivity contribution < 1.29 is 9.18 Å². The Bertz CT molecular complexity index is 426. The second-order valence-corrected chi connectivity index (χ2v) is 4.80. The molecule has 98 valence electrons. The first-order valence-corrected chi connectivity index (χ1v) is 6.53. The monoisotopic (exact) mass is 250 g/mol. The standard InChI is InChI=1S/C14H19FN2O/c15-13-7-6-11(16)10-12(13)14(18)17-8-4-2-1-3-5-9-17/h6-7,10H,1-5,8-9,16H2. The molecule has 0 radical (unpaired) electrons. The van der Waals surface area contributed by atoms with Gasteiger partial charge in [-0.3, -0.25) is 4.79 Å². The Hall–Kier alpha value is -1.58. The number of nitrogens with two attached hydrogens (primary N) is 1. The van der Waals surface area contributed by atoms with E-state index >= 15 is 0 Å². The molecule has 2 rings (SSSR count). The van der Waals surface area contributed by atoms with Gasteiger partial charge in [-0.2, -0.15) is 0 Å². The Morgan fingerprint density at radius 3 is 2.39 bits per heavy atom. The molecular formula is C14H19FN2O. The number of hydrogen-bond acceptors (Lipinski definition) is 2. The molecule has 1 amide bonds. The van der Waals surface area contributed by atoms with E-state index in [4.69, 9.17) is 5.73 Å². The maximum atomic E-state index is 13.7. The van der Waals surface area contributed by atoms with Gasteiger partial charge in [0.2, 0.25) is 0 Å². The highest BCUT2D eigenvalue weighted by atomic mass is 19.1. The number of hydrogen-bond donors (Lipinski definition) is 1. The van der Waals surface area contributed by atoms with Crippen LogP contribution in [0, 0.1) is 5.82 Å². The molecule has 0 unspecified atom stereocenters. The van der Waals surface area contributed by atoms with Gasteiger partial charge in [0.15, 0.2) is 0 Å². The minimum absolute atomic E-state index is 0.0931. The summed E-state index contributed by atoms with van der Waals surface area (Å²) in [5.41, 5.74) is 6.13. The zero-order chi connectivity index (χ0) is 13.0. The molecule has 3 nitrogen and oxygen atoms in total. The Morgan fingerprint density at radius 1 is 1.11 bits per heavy atom. The molecule has 1 aromatic carbocycles. The highest BCUT2D eigenvalue weighted by Gasteiger charge is 2.19. The van der Waals surface area contributed by atoms with Gasteiger partial charge in [-0.15, -0.1) is 0 Å². The van der Waals surface area contributed by atoms with Crippen molar-refractivity contribution in [2.75, 3.05) is 18.8 Å². The normalized spacial score (nSPS) is 17.1. The lowest BCUT2D eigenvalue weighted by Gasteiger charge is -2.25. The van der Waals surface area contributed by atoms with E-state index < -0.39 is 5.82 Å². The van der Waals surface area contributed by atoms with Gasteiger partial charge < -0.3 is 10.6 Å². The second-order valence-electron chi connectivity index (χ2n) is 4.80. The molecular weight excluding hydrogens is 231 g/mol. The molecule has 1 heterocycles. The molecule has 0 aromatic heterocycles. The van der Waals surface area contributed by atoms with Crippen LogP contribution in [0.2, 0.25) is 0 Å². The van der Waals surface area contributed by atoms with Crippen LogP contribution in [0.1, 0.15) is 42.5 Å². The van der Waals surface area contributed by atoms with Crippen LogP contribution in [-0.2, 0) is 0 Å². The van der Waals surface area contributed by atoms with E-state index in [0.717, 1.165) is 25.7 Å². The van der Waals surface area contributed by atoms with Crippen LogP contribution in [0.3, 0.4) is 0 Å². The predicted octanol–water partition coefficient (Wildman–Crippen LogP) is 2.81. The fraction of sp³-hybridized carbons (Fsp3) is 0.500. The highest BCUT2D eigenvalue weighted by molar-refractivity contribution is 5.95. The van der Waals surface area contributed by atoms with Gasteiger partial charge in [-0.05, 0) is 31.0 Å². The van der Waals surface area contributed by atoms with E-state index in [9.17, 15) is 9.18 Å². The molecule has 0 aliphatic carbocycles. The number of carbonyl (C=O) groups is 1. The molecule has 1 saturated heterocycles. The largest absolute Gasteiger partial charge is 0.399 e. The highest BCUT2D eigenvalue weighted by Crippen LogP contribution is 2.17.